The van der Waals surface area contributed by atoms with Gasteiger partial charge in [0.2, 0.25) is 0 Å². The summed E-state index contributed by atoms with van der Waals surface area (Å²) in [5, 5.41) is 0. The van der Waals surface area contributed by atoms with Crippen LogP contribution >= 0.6 is 0 Å². The molecule has 1 nitrogen and oxygen atoms in total. The number of benzene rings is 1. The topological polar surface area (TPSA) is 9.23 Å². The van der Waals surface area contributed by atoms with E-state index in [-0.39, 0.29) is 0 Å². The number of ether oxygens (including phenoxy) is 1. The molecule has 78 valence electrons. The van der Waals surface area contributed by atoms with Crippen LogP contribution in [0.25, 0.3) is 5.57 Å². The average molecular weight is 200 g/mol. The molecule has 0 aliphatic carbocycles. The molecule has 0 N–H and O–H groups in total. The van der Waals surface area contributed by atoms with Crippen LogP contribution in [0.15, 0.2) is 48.6 Å². The summed E-state index contributed by atoms with van der Waals surface area (Å²) in [6, 6.07) is 10.5. The van der Waals surface area contributed by atoms with E-state index in [9.17, 15) is 0 Å². The van der Waals surface area contributed by atoms with E-state index in [1.54, 1.807) is 0 Å². The van der Waals surface area contributed by atoms with Gasteiger partial charge in [0.05, 0.1) is 13.2 Å². The molecule has 1 aliphatic heterocycles. The molecular formula is C14H16O. The Morgan fingerprint density at radius 1 is 1.40 bits per heavy atom. The average Bonchev–Trinajstić information content (AvgIpc) is 2.77. The van der Waals surface area contributed by atoms with Gasteiger partial charge in [-0.2, -0.15) is 0 Å². The zero-order valence-electron chi connectivity index (χ0n) is 9.07. The molecule has 1 saturated heterocycles. The van der Waals surface area contributed by atoms with Gasteiger partial charge >= 0.3 is 0 Å². The third-order valence-corrected chi connectivity index (χ3v) is 2.98. The summed E-state index contributed by atoms with van der Waals surface area (Å²) in [5.74, 6) is 0.394. The predicted octanol–water partition coefficient (Wildman–Crippen LogP) is 3.29. The first kappa shape index (κ1) is 10.2. The van der Waals surface area contributed by atoms with Crippen LogP contribution in [0.3, 0.4) is 0 Å². The number of rotatable bonds is 2. The van der Waals surface area contributed by atoms with Gasteiger partial charge in [-0.05, 0) is 23.6 Å². The fourth-order valence-corrected chi connectivity index (χ4v) is 1.97. The normalized spacial score (nSPS) is 23.9. The van der Waals surface area contributed by atoms with Crippen molar-refractivity contribution < 1.29 is 4.74 Å². The van der Waals surface area contributed by atoms with Crippen molar-refractivity contribution in [3.05, 3.63) is 54.1 Å². The van der Waals surface area contributed by atoms with Gasteiger partial charge in [-0.3, -0.25) is 0 Å². The zero-order valence-corrected chi connectivity index (χ0v) is 9.07. The highest BCUT2D eigenvalue weighted by Gasteiger charge is 2.20. The van der Waals surface area contributed by atoms with Gasteiger partial charge in [0.1, 0.15) is 0 Å². The van der Waals surface area contributed by atoms with E-state index in [1.165, 1.54) is 16.7 Å². The molecule has 2 rings (SSSR count). The maximum absolute atomic E-state index is 5.47. The highest BCUT2D eigenvalue weighted by atomic mass is 16.5. The van der Waals surface area contributed by atoms with Gasteiger partial charge in [0.25, 0.3) is 0 Å². The van der Waals surface area contributed by atoms with Crippen molar-refractivity contribution in [3.63, 3.8) is 0 Å². The first-order valence-electron chi connectivity index (χ1n) is 5.28. The quantitative estimate of drug-likeness (QED) is 0.666. The van der Waals surface area contributed by atoms with Crippen molar-refractivity contribution >= 4 is 5.57 Å². The van der Waals surface area contributed by atoms with Gasteiger partial charge in [0, 0.05) is 5.92 Å². The fraction of sp³-hybridized carbons (Fsp3) is 0.286. The Morgan fingerprint density at radius 2 is 2.13 bits per heavy atom. The lowest BCUT2D eigenvalue weighted by Crippen LogP contribution is -1.99. The smallest absolute Gasteiger partial charge is 0.0689 e. The molecule has 0 radical (unpaired) electrons. The summed E-state index contributed by atoms with van der Waals surface area (Å²) < 4.78 is 5.47. The Balaban J connectivity index is 2.36. The molecule has 1 unspecified atom stereocenters. The van der Waals surface area contributed by atoms with Gasteiger partial charge in [-0.25, -0.2) is 0 Å². The summed E-state index contributed by atoms with van der Waals surface area (Å²) in [7, 11) is 0. The van der Waals surface area contributed by atoms with Gasteiger partial charge in [-0.15, -0.1) is 6.58 Å². The van der Waals surface area contributed by atoms with Crippen LogP contribution in [0, 0.1) is 5.92 Å². The molecule has 1 aromatic carbocycles. The van der Waals surface area contributed by atoms with E-state index in [0.29, 0.717) is 5.92 Å². The second-order valence-corrected chi connectivity index (χ2v) is 3.87. The van der Waals surface area contributed by atoms with Crippen LogP contribution in [0.1, 0.15) is 12.5 Å². The summed E-state index contributed by atoms with van der Waals surface area (Å²) in [6.45, 7) is 7.55. The lowest BCUT2D eigenvalue weighted by molar-refractivity contribution is 0.195. The molecule has 0 amide bonds. The monoisotopic (exact) mass is 200 g/mol. The molecular weight excluding hydrogens is 184 g/mol. The summed E-state index contributed by atoms with van der Waals surface area (Å²) in [5.41, 5.74) is 3.99. The van der Waals surface area contributed by atoms with Crippen molar-refractivity contribution in [1.82, 2.24) is 0 Å². The van der Waals surface area contributed by atoms with E-state index in [1.807, 2.05) is 12.1 Å². The maximum Gasteiger partial charge on any atom is 0.0689 e. The number of hydrogen-bond acceptors (Lipinski definition) is 1. The van der Waals surface area contributed by atoms with E-state index in [0.717, 1.165) is 13.2 Å². The van der Waals surface area contributed by atoms with E-state index in [2.05, 4.69) is 37.8 Å². The third kappa shape index (κ3) is 2.02. The summed E-state index contributed by atoms with van der Waals surface area (Å²) in [6.07, 6.45) is 1.98. The minimum Gasteiger partial charge on any atom is -0.376 e. The molecule has 0 spiro atoms. The Kier molecular flexibility index (Phi) is 3.02. The zero-order chi connectivity index (χ0) is 10.7. The summed E-state index contributed by atoms with van der Waals surface area (Å²) >= 11 is 0. The maximum atomic E-state index is 5.47. The Hall–Kier alpha value is -1.34. The van der Waals surface area contributed by atoms with Gasteiger partial charge in [0.15, 0.2) is 0 Å². The van der Waals surface area contributed by atoms with Crippen molar-refractivity contribution in [2.24, 2.45) is 5.92 Å². The SMILES string of the molecule is C=CC1COC/C1=C(\C)c1ccccc1. The van der Waals surface area contributed by atoms with E-state index < -0.39 is 0 Å². The van der Waals surface area contributed by atoms with Crippen LogP contribution in [0.2, 0.25) is 0 Å². The molecule has 15 heavy (non-hydrogen) atoms. The highest BCUT2D eigenvalue weighted by molar-refractivity contribution is 5.68. The molecule has 0 saturated carbocycles. The first-order chi connectivity index (χ1) is 7.33. The lowest BCUT2D eigenvalue weighted by atomic mass is 9.94. The van der Waals surface area contributed by atoms with Crippen LogP contribution in [0.5, 0.6) is 0 Å². The highest BCUT2D eigenvalue weighted by Crippen LogP contribution is 2.28. The molecule has 0 bridgehead atoms. The number of allylic oxidation sites excluding steroid dienone is 1. The third-order valence-electron chi connectivity index (χ3n) is 2.98. The van der Waals surface area contributed by atoms with Crippen LogP contribution < -0.4 is 0 Å². The van der Waals surface area contributed by atoms with Crippen molar-refractivity contribution in [2.45, 2.75) is 6.92 Å². The summed E-state index contributed by atoms with van der Waals surface area (Å²) in [4.78, 5) is 0. The molecule has 0 aromatic heterocycles. The molecule has 1 heterocycles. The molecule has 1 aliphatic rings. The van der Waals surface area contributed by atoms with Crippen molar-refractivity contribution in [1.29, 1.82) is 0 Å². The van der Waals surface area contributed by atoms with Crippen LogP contribution in [0.4, 0.5) is 0 Å². The Bertz CT molecular complexity index is 376. The van der Waals surface area contributed by atoms with E-state index in [4.69, 9.17) is 4.74 Å². The van der Waals surface area contributed by atoms with E-state index >= 15 is 0 Å². The largest absolute Gasteiger partial charge is 0.376 e. The minimum absolute atomic E-state index is 0.394. The molecule has 1 heteroatoms. The van der Waals surface area contributed by atoms with Crippen molar-refractivity contribution in [2.75, 3.05) is 13.2 Å². The second kappa shape index (κ2) is 4.45. The lowest BCUT2D eigenvalue weighted by Gasteiger charge is -2.09. The van der Waals surface area contributed by atoms with Gasteiger partial charge < -0.3 is 4.74 Å². The molecule has 1 fully saturated rings. The predicted molar refractivity (Wildman–Crippen MR) is 63.5 cm³/mol. The van der Waals surface area contributed by atoms with Crippen LogP contribution in [-0.4, -0.2) is 13.2 Å². The Morgan fingerprint density at radius 3 is 2.80 bits per heavy atom. The Labute approximate surface area is 91.1 Å². The van der Waals surface area contributed by atoms with Crippen LogP contribution in [-0.2, 0) is 4.74 Å². The van der Waals surface area contributed by atoms with Crippen molar-refractivity contribution in [3.8, 4) is 0 Å². The molecule has 1 atom stereocenters. The standard InChI is InChI=1S/C14H16O/c1-3-12-9-15-10-14(12)11(2)13-7-5-4-6-8-13/h3-8,12H,1,9-10H2,2H3/b14-11-. The fourth-order valence-electron chi connectivity index (χ4n) is 1.97. The minimum atomic E-state index is 0.394. The second-order valence-electron chi connectivity index (χ2n) is 3.87. The number of hydrogen-bond donors (Lipinski definition) is 0. The van der Waals surface area contributed by atoms with Gasteiger partial charge in [-0.1, -0.05) is 36.4 Å². The first-order valence-corrected chi connectivity index (χ1v) is 5.28. The molecule has 1 aromatic rings.